The van der Waals surface area contributed by atoms with Crippen LogP contribution >= 0.6 is 11.3 Å². The molecule has 2 aromatic rings. The van der Waals surface area contributed by atoms with E-state index in [2.05, 4.69) is 16.2 Å². The molecule has 0 amide bonds. The van der Waals surface area contributed by atoms with E-state index in [9.17, 15) is 0 Å². The van der Waals surface area contributed by atoms with Crippen LogP contribution in [0.4, 0.5) is 0 Å². The molecule has 1 fully saturated rings. The SMILES string of the molecule is C#CC1(NCc2coc(-c3cccs3)n2)CCCCC1. The van der Waals surface area contributed by atoms with Crippen LogP contribution in [0.15, 0.2) is 28.2 Å². The van der Waals surface area contributed by atoms with E-state index in [4.69, 9.17) is 10.8 Å². The minimum absolute atomic E-state index is 0.152. The zero-order valence-electron chi connectivity index (χ0n) is 11.4. The molecule has 104 valence electrons. The first kappa shape index (κ1) is 13.4. The molecule has 0 aliphatic heterocycles. The van der Waals surface area contributed by atoms with Gasteiger partial charge in [0.2, 0.25) is 5.89 Å². The van der Waals surface area contributed by atoms with Gasteiger partial charge in [-0.15, -0.1) is 17.8 Å². The number of rotatable bonds is 4. The van der Waals surface area contributed by atoms with Crippen LogP contribution in [0.25, 0.3) is 10.8 Å². The summed E-state index contributed by atoms with van der Waals surface area (Å²) in [5, 5.41) is 5.53. The van der Waals surface area contributed by atoms with E-state index in [1.807, 2.05) is 17.5 Å². The van der Waals surface area contributed by atoms with Gasteiger partial charge in [0, 0.05) is 6.54 Å². The number of nitrogens with one attached hydrogen (secondary N) is 1. The number of oxazole rings is 1. The molecule has 0 spiro atoms. The monoisotopic (exact) mass is 286 g/mol. The van der Waals surface area contributed by atoms with Gasteiger partial charge in [-0.2, -0.15) is 0 Å². The first-order valence-corrected chi connectivity index (χ1v) is 7.90. The highest BCUT2D eigenvalue weighted by molar-refractivity contribution is 7.13. The molecular weight excluding hydrogens is 268 g/mol. The summed E-state index contributed by atoms with van der Waals surface area (Å²) in [4.78, 5) is 5.57. The Hall–Kier alpha value is -1.57. The molecule has 3 nitrogen and oxygen atoms in total. The van der Waals surface area contributed by atoms with E-state index >= 15 is 0 Å². The molecule has 1 saturated carbocycles. The second kappa shape index (κ2) is 5.82. The average Bonchev–Trinajstić information content (AvgIpc) is 3.17. The second-order valence-corrected chi connectivity index (χ2v) is 6.21. The van der Waals surface area contributed by atoms with Gasteiger partial charge in [-0.3, -0.25) is 5.32 Å². The van der Waals surface area contributed by atoms with Crippen LogP contribution in [0.5, 0.6) is 0 Å². The Labute approximate surface area is 123 Å². The highest BCUT2D eigenvalue weighted by atomic mass is 32.1. The molecule has 0 saturated heterocycles. The summed E-state index contributed by atoms with van der Waals surface area (Å²) < 4.78 is 5.52. The molecule has 2 aromatic heterocycles. The number of terminal acetylenes is 1. The Morgan fingerprint density at radius 3 is 2.95 bits per heavy atom. The van der Waals surface area contributed by atoms with Gasteiger partial charge in [-0.1, -0.05) is 31.2 Å². The zero-order valence-corrected chi connectivity index (χ0v) is 12.2. The Morgan fingerprint density at radius 1 is 1.40 bits per heavy atom. The van der Waals surface area contributed by atoms with Crippen molar-refractivity contribution in [2.24, 2.45) is 0 Å². The Bertz CT molecular complexity index is 588. The summed E-state index contributed by atoms with van der Waals surface area (Å²) in [7, 11) is 0. The summed E-state index contributed by atoms with van der Waals surface area (Å²) in [6.45, 7) is 0.666. The fraction of sp³-hybridized carbons (Fsp3) is 0.438. The fourth-order valence-electron chi connectivity index (χ4n) is 2.69. The molecule has 3 rings (SSSR count). The molecule has 20 heavy (non-hydrogen) atoms. The third-order valence-electron chi connectivity index (χ3n) is 3.88. The van der Waals surface area contributed by atoms with Crippen molar-refractivity contribution in [1.29, 1.82) is 0 Å². The first-order chi connectivity index (χ1) is 9.81. The van der Waals surface area contributed by atoms with Crippen molar-refractivity contribution in [2.75, 3.05) is 0 Å². The highest BCUT2D eigenvalue weighted by Crippen LogP contribution is 2.28. The number of nitrogens with zero attached hydrogens (tertiary/aromatic N) is 1. The average molecular weight is 286 g/mol. The standard InChI is InChI=1S/C16H18N2OS/c1-2-16(8-4-3-5-9-16)17-11-13-12-19-15(18-13)14-7-6-10-20-14/h1,6-7,10,12,17H,3-5,8-9,11H2. The zero-order chi connectivity index (χ0) is 13.8. The van der Waals surface area contributed by atoms with Crippen LogP contribution in [0, 0.1) is 12.3 Å². The van der Waals surface area contributed by atoms with Gasteiger partial charge in [-0.05, 0) is 24.3 Å². The maximum atomic E-state index is 5.73. The highest BCUT2D eigenvalue weighted by Gasteiger charge is 2.29. The van der Waals surface area contributed by atoms with Crippen LogP contribution in [0.1, 0.15) is 37.8 Å². The van der Waals surface area contributed by atoms with E-state index in [0.717, 1.165) is 23.4 Å². The largest absolute Gasteiger partial charge is 0.444 e. The summed E-state index contributed by atoms with van der Waals surface area (Å²) in [5.41, 5.74) is 0.758. The smallest absolute Gasteiger partial charge is 0.236 e. The summed E-state index contributed by atoms with van der Waals surface area (Å²) in [6, 6.07) is 4.01. The van der Waals surface area contributed by atoms with Crippen LogP contribution < -0.4 is 5.32 Å². The van der Waals surface area contributed by atoms with E-state index in [-0.39, 0.29) is 5.54 Å². The minimum Gasteiger partial charge on any atom is -0.444 e. The Kier molecular flexibility index (Phi) is 3.90. The lowest BCUT2D eigenvalue weighted by Crippen LogP contribution is -2.45. The summed E-state index contributed by atoms with van der Waals surface area (Å²) >= 11 is 1.63. The lowest BCUT2D eigenvalue weighted by molar-refractivity contribution is 0.298. The van der Waals surface area contributed by atoms with Crippen molar-refractivity contribution in [1.82, 2.24) is 10.3 Å². The molecule has 0 atom stereocenters. The molecule has 0 unspecified atom stereocenters. The van der Waals surface area contributed by atoms with E-state index < -0.39 is 0 Å². The van der Waals surface area contributed by atoms with Crippen molar-refractivity contribution < 1.29 is 4.42 Å². The minimum atomic E-state index is -0.152. The van der Waals surface area contributed by atoms with Crippen molar-refractivity contribution >= 4 is 11.3 Å². The summed E-state index contributed by atoms with van der Waals surface area (Å²) in [6.07, 6.45) is 13.3. The number of thiophene rings is 1. The van der Waals surface area contributed by atoms with Gasteiger partial charge in [0.05, 0.1) is 16.1 Å². The fourth-order valence-corrected chi connectivity index (χ4v) is 3.34. The van der Waals surface area contributed by atoms with Crippen molar-refractivity contribution in [3.05, 3.63) is 29.5 Å². The van der Waals surface area contributed by atoms with Crippen molar-refractivity contribution in [3.8, 4) is 23.1 Å². The molecule has 0 bridgehead atoms. The van der Waals surface area contributed by atoms with Crippen LogP contribution in [-0.2, 0) is 6.54 Å². The van der Waals surface area contributed by atoms with Gasteiger partial charge in [-0.25, -0.2) is 4.98 Å². The van der Waals surface area contributed by atoms with Crippen LogP contribution in [-0.4, -0.2) is 10.5 Å². The maximum Gasteiger partial charge on any atom is 0.236 e. The molecule has 0 radical (unpaired) electrons. The molecule has 0 aromatic carbocycles. The van der Waals surface area contributed by atoms with Crippen molar-refractivity contribution in [2.45, 2.75) is 44.2 Å². The van der Waals surface area contributed by atoms with Crippen LogP contribution in [0.2, 0.25) is 0 Å². The van der Waals surface area contributed by atoms with E-state index in [0.29, 0.717) is 12.4 Å². The van der Waals surface area contributed by atoms with Gasteiger partial charge in [0.15, 0.2) is 0 Å². The second-order valence-electron chi connectivity index (χ2n) is 5.26. The number of hydrogen-bond donors (Lipinski definition) is 1. The van der Waals surface area contributed by atoms with E-state index in [1.165, 1.54) is 19.3 Å². The topological polar surface area (TPSA) is 38.1 Å². The third kappa shape index (κ3) is 2.79. The molecular formula is C16H18N2OS. The third-order valence-corrected chi connectivity index (χ3v) is 4.73. The predicted molar refractivity (Wildman–Crippen MR) is 81.3 cm³/mol. The van der Waals surface area contributed by atoms with Gasteiger partial charge in [0.1, 0.15) is 6.26 Å². The lowest BCUT2D eigenvalue weighted by atomic mass is 9.82. The van der Waals surface area contributed by atoms with Gasteiger partial charge in [0.25, 0.3) is 0 Å². The molecule has 1 aliphatic rings. The maximum absolute atomic E-state index is 5.73. The number of aromatic nitrogens is 1. The molecule has 1 N–H and O–H groups in total. The first-order valence-electron chi connectivity index (χ1n) is 7.02. The lowest BCUT2D eigenvalue weighted by Gasteiger charge is -2.33. The van der Waals surface area contributed by atoms with Gasteiger partial charge < -0.3 is 4.42 Å². The molecule has 2 heterocycles. The summed E-state index contributed by atoms with van der Waals surface area (Å²) in [5.74, 6) is 3.64. The van der Waals surface area contributed by atoms with Crippen molar-refractivity contribution in [3.63, 3.8) is 0 Å². The molecule has 4 heteroatoms. The number of hydrogen-bond acceptors (Lipinski definition) is 4. The Balaban J connectivity index is 1.65. The van der Waals surface area contributed by atoms with E-state index in [1.54, 1.807) is 17.6 Å². The predicted octanol–water partition coefficient (Wildman–Crippen LogP) is 3.83. The Morgan fingerprint density at radius 2 is 2.25 bits per heavy atom. The quantitative estimate of drug-likeness (QED) is 0.868. The van der Waals surface area contributed by atoms with Crippen LogP contribution in [0.3, 0.4) is 0 Å². The normalized spacial score (nSPS) is 17.8. The van der Waals surface area contributed by atoms with Gasteiger partial charge >= 0.3 is 0 Å². The molecule has 1 aliphatic carbocycles.